The largest absolute Gasteiger partial charge is 0.459 e. The molecule has 4 aliphatic rings. The molecule has 36 heavy (non-hydrogen) atoms. The molecule has 0 unspecified atom stereocenters. The summed E-state index contributed by atoms with van der Waals surface area (Å²) in [6, 6.07) is 0. The fourth-order valence-corrected chi connectivity index (χ4v) is 9.39. The van der Waals surface area contributed by atoms with Gasteiger partial charge in [0.15, 0.2) is 0 Å². The number of ether oxygens (including phenoxy) is 1. The van der Waals surface area contributed by atoms with Crippen LogP contribution in [0.1, 0.15) is 126 Å². The first kappa shape index (κ1) is 28.0. The van der Waals surface area contributed by atoms with E-state index in [4.69, 9.17) is 4.74 Å². The maximum Gasteiger partial charge on any atom is 0.330 e. The summed E-state index contributed by atoms with van der Waals surface area (Å²) in [7, 11) is 0. The average Bonchev–Trinajstić information content (AvgIpc) is 3.16. The summed E-state index contributed by atoms with van der Waals surface area (Å²) in [5.74, 6) is 5.66. The van der Waals surface area contributed by atoms with Crippen molar-refractivity contribution in [1.82, 2.24) is 0 Å². The Bertz CT molecular complexity index is 821. The molecule has 2 nitrogen and oxygen atoms in total. The Kier molecular flexibility index (Phi) is 8.83. The maximum absolute atomic E-state index is 12.4. The third-order valence-corrected chi connectivity index (χ3v) is 11.4. The van der Waals surface area contributed by atoms with Gasteiger partial charge in [-0.05, 0) is 104 Å². The molecule has 8 atom stereocenters. The maximum atomic E-state index is 12.4. The van der Waals surface area contributed by atoms with Gasteiger partial charge >= 0.3 is 5.97 Å². The van der Waals surface area contributed by atoms with E-state index in [0.717, 1.165) is 54.8 Å². The molecule has 3 saturated carbocycles. The summed E-state index contributed by atoms with van der Waals surface area (Å²) >= 11 is 0. The first-order chi connectivity index (χ1) is 17.0. The monoisotopic (exact) mass is 496 g/mol. The minimum atomic E-state index is -0.147. The van der Waals surface area contributed by atoms with Gasteiger partial charge in [-0.1, -0.05) is 85.5 Å². The van der Waals surface area contributed by atoms with Crippen molar-refractivity contribution in [3.63, 3.8) is 0 Å². The molecule has 0 aromatic carbocycles. The fraction of sp³-hybridized carbons (Fsp3) is 0.853. The van der Waals surface area contributed by atoms with Gasteiger partial charge in [0.25, 0.3) is 0 Å². The van der Waals surface area contributed by atoms with Gasteiger partial charge < -0.3 is 4.74 Å². The highest BCUT2D eigenvalue weighted by molar-refractivity contribution is 5.82. The van der Waals surface area contributed by atoms with Gasteiger partial charge in [0.2, 0.25) is 0 Å². The molecule has 0 heterocycles. The Morgan fingerprint density at radius 2 is 1.78 bits per heavy atom. The van der Waals surface area contributed by atoms with Crippen molar-refractivity contribution in [2.45, 2.75) is 132 Å². The highest BCUT2D eigenvalue weighted by Crippen LogP contribution is 2.67. The second-order valence-electron chi connectivity index (χ2n) is 14.6. The molecule has 3 fully saturated rings. The smallest absolute Gasteiger partial charge is 0.330 e. The van der Waals surface area contributed by atoms with E-state index in [2.05, 4.69) is 54.5 Å². The molecule has 0 saturated heterocycles. The number of allylic oxidation sites excluding steroid dienone is 2. The standard InChI is InChI=1S/C34H56O2/c1-23(2)10-8-12-25(5)29-16-17-30-28-15-14-26-22-27(36-32(35)13-9-11-24(3)4)18-20-33(26,6)31(28)19-21-34(29,30)7/h9,13-14,23-25,27-31H,8,10-12,15-22H2,1-7H3/b13-9+/t25-,27-,28+,29-,30+,31+,33+,34-/m1/s1. The van der Waals surface area contributed by atoms with Crippen molar-refractivity contribution in [1.29, 1.82) is 0 Å². The van der Waals surface area contributed by atoms with Gasteiger partial charge in [-0.25, -0.2) is 4.79 Å². The highest BCUT2D eigenvalue weighted by Gasteiger charge is 2.59. The molecule has 0 radical (unpaired) electrons. The Labute approximate surface area is 223 Å². The average molecular weight is 497 g/mol. The van der Waals surface area contributed by atoms with Crippen molar-refractivity contribution in [3.05, 3.63) is 23.8 Å². The number of fused-ring (bicyclic) bond motifs is 5. The predicted octanol–water partition coefficient (Wildman–Crippen LogP) is 9.54. The van der Waals surface area contributed by atoms with E-state index < -0.39 is 0 Å². The molecule has 0 aliphatic heterocycles. The predicted molar refractivity (Wildman–Crippen MR) is 152 cm³/mol. The SMILES string of the molecule is CC(C)C/C=C/C(=O)O[C@@H]1CC[C@@]2(C)C(=CC[C@H]3[C@@H]4CC[C@H]([C@H](C)CCCC(C)C)[C@@]4(C)CC[C@@H]32)C1. The first-order valence-electron chi connectivity index (χ1n) is 15.6. The molecular formula is C34H56O2. The molecule has 0 bridgehead atoms. The van der Waals surface area contributed by atoms with Crippen molar-refractivity contribution >= 4 is 5.97 Å². The van der Waals surface area contributed by atoms with Crippen LogP contribution in [0, 0.1) is 52.3 Å². The Hall–Kier alpha value is -1.05. The molecule has 0 spiro atoms. The van der Waals surface area contributed by atoms with E-state index in [-0.39, 0.29) is 12.1 Å². The number of esters is 1. The topological polar surface area (TPSA) is 26.3 Å². The quantitative estimate of drug-likeness (QED) is 0.180. The lowest BCUT2D eigenvalue weighted by atomic mass is 9.47. The summed E-state index contributed by atoms with van der Waals surface area (Å²) in [6.45, 7) is 16.9. The van der Waals surface area contributed by atoms with Crippen LogP contribution in [0.5, 0.6) is 0 Å². The molecular weight excluding hydrogens is 440 g/mol. The highest BCUT2D eigenvalue weighted by atomic mass is 16.5. The number of carbonyl (C=O) groups is 1. The number of carbonyl (C=O) groups excluding carboxylic acids is 1. The third kappa shape index (κ3) is 5.68. The molecule has 4 rings (SSSR count). The van der Waals surface area contributed by atoms with E-state index in [1.807, 2.05) is 6.08 Å². The molecule has 0 aromatic heterocycles. The molecule has 2 heteroatoms. The van der Waals surface area contributed by atoms with Crippen LogP contribution in [0.15, 0.2) is 23.8 Å². The van der Waals surface area contributed by atoms with Crippen LogP contribution < -0.4 is 0 Å². The van der Waals surface area contributed by atoms with E-state index in [1.54, 1.807) is 11.6 Å². The van der Waals surface area contributed by atoms with E-state index in [0.29, 0.717) is 16.7 Å². The van der Waals surface area contributed by atoms with Crippen LogP contribution in [-0.4, -0.2) is 12.1 Å². The lowest BCUT2D eigenvalue weighted by Gasteiger charge is -2.58. The van der Waals surface area contributed by atoms with Gasteiger partial charge in [0.05, 0.1) is 0 Å². The van der Waals surface area contributed by atoms with Crippen LogP contribution in [0.25, 0.3) is 0 Å². The zero-order valence-electron chi connectivity index (χ0n) is 24.7. The van der Waals surface area contributed by atoms with E-state index in [1.165, 1.54) is 57.8 Å². The second kappa shape index (κ2) is 11.4. The summed E-state index contributed by atoms with van der Waals surface area (Å²) in [6.07, 6.45) is 21.6. The van der Waals surface area contributed by atoms with Crippen molar-refractivity contribution in [3.8, 4) is 0 Å². The Balaban J connectivity index is 1.39. The van der Waals surface area contributed by atoms with Crippen LogP contribution in [0.4, 0.5) is 0 Å². The summed E-state index contributed by atoms with van der Waals surface area (Å²) in [5.41, 5.74) is 2.48. The van der Waals surface area contributed by atoms with Crippen molar-refractivity contribution in [2.24, 2.45) is 52.3 Å². The molecule has 204 valence electrons. The molecule has 0 aromatic rings. The minimum Gasteiger partial charge on any atom is -0.459 e. The van der Waals surface area contributed by atoms with Crippen LogP contribution in [0.3, 0.4) is 0 Å². The lowest BCUT2D eigenvalue weighted by molar-refractivity contribution is -0.145. The Morgan fingerprint density at radius 3 is 2.50 bits per heavy atom. The summed E-state index contributed by atoms with van der Waals surface area (Å²) < 4.78 is 5.91. The van der Waals surface area contributed by atoms with Crippen molar-refractivity contribution in [2.75, 3.05) is 0 Å². The lowest BCUT2D eigenvalue weighted by Crippen LogP contribution is -2.51. The van der Waals surface area contributed by atoms with Crippen LogP contribution in [0.2, 0.25) is 0 Å². The van der Waals surface area contributed by atoms with E-state index in [9.17, 15) is 4.79 Å². The van der Waals surface area contributed by atoms with Gasteiger partial charge in [-0.2, -0.15) is 0 Å². The summed E-state index contributed by atoms with van der Waals surface area (Å²) in [5, 5.41) is 0. The zero-order chi connectivity index (χ0) is 26.1. The second-order valence-corrected chi connectivity index (χ2v) is 14.6. The normalized spacial score (nSPS) is 39.0. The van der Waals surface area contributed by atoms with Gasteiger partial charge in [0, 0.05) is 12.5 Å². The van der Waals surface area contributed by atoms with Gasteiger partial charge in [0.1, 0.15) is 6.10 Å². The first-order valence-corrected chi connectivity index (χ1v) is 15.6. The zero-order valence-corrected chi connectivity index (χ0v) is 24.7. The number of hydrogen-bond donors (Lipinski definition) is 0. The van der Waals surface area contributed by atoms with Crippen LogP contribution >= 0.6 is 0 Å². The minimum absolute atomic E-state index is 0.0634. The summed E-state index contributed by atoms with van der Waals surface area (Å²) in [4.78, 5) is 12.4. The van der Waals surface area contributed by atoms with Crippen LogP contribution in [-0.2, 0) is 9.53 Å². The molecule has 0 amide bonds. The Morgan fingerprint density at radius 1 is 1.00 bits per heavy atom. The van der Waals surface area contributed by atoms with Crippen molar-refractivity contribution < 1.29 is 9.53 Å². The van der Waals surface area contributed by atoms with Gasteiger partial charge in [-0.3, -0.25) is 0 Å². The van der Waals surface area contributed by atoms with Gasteiger partial charge in [-0.15, -0.1) is 0 Å². The number of rotatable bonds is 9. The van der Waals surface area contributed by atoms with E-state index >= 15 is 0 Å². The molecule has 4 aliphatic carbocycles. The molecule has 0 N–H and O–H groups in total. The third-order valence-electron chi connectivity index (χ3n) is 11.4. The fourth-order valence-electron chi connectivity index (χ4n) is 9.39. The number of hydrogen-bond acceptors (Lipinski definition) is 2.